The smallest absolute Gasteiger partial charge is 0.416 e. The van der Waals surface area contributed by atoms with E-state index < -0.39 is 17.7 Å². The van der Waals surface area contributed by atoms with Gasteiger partial charge in [0.25, 0.3) is 0 Å². The fourth-order valence-electron chi connectivity index (χ4n) is 4.63. The summed E-state index contributed by atoms with van der Waals surface area (Å²) >= 11 is 0. The van der Waals surface area contributed by atoms with Crippen LogP contribution in [0, 0.1) is 6.92 Å². The highest BCUT2D eigenvalue weighted by atomic mass is 19.4. The van der Waals surface area contributed by atoms with Gasteiger partial charge in [-0.3, -0.25) is 4.99 Å². The van der Waals surface area contributed by atoms with Gasteiger partial charge in [-0.05, 0) is 97.4 Å². The molecular formula is C29H29F3N4O2. The Labute approximate surface area is 219 Å². The first-order chi connectivity index (χ1) is 18.2. The van der Waals surface area contributed by atoms with Crippen LogP contribution in [0.2, 0.25) is 0 Å². The van der Waals surface area contributed by atoms with E-state index in [2.05, 4.69) is 27.5 Å². The molecule has 0 atom stereocenters. The van der Waals surface area contributed by atoms with Gasteiger partial charge in [-0.25, -0.2) is 4.79 Å². The zero-order valence-electron chi connectivity index (χ0n) is 21.2. The van der Waals surface area contributed by atoms with Gasteiger partial charge in [-0.15, -0.1) is 0 Å². The van der Waals surface area contributed by atoms with Crippen LogP contribution in [0.1, 0.15) is 51.4 Å². The van der Waals surface area contributed by atoms with Gasteiger partial charge in [0.1, 0.15) is 5.71 Å². The summed E-state index contributed by atoms with van der Waals surface area (Å²) in [6, 6.07) is 16.3. The predicted octanol–water partition coefficient (Wildman–Crippen LogP) is 6.00. The van der Waals surface area contributed by atoms with Crippen molar-refractivity contribution in [2.45, 2.75) is 31.9 Å². The van der Waals surface area contributed by atoms with Crippen molar-refractivity contribution in [1.82, 2.24) is 5.32 Å². The lowest BCUT2D eigenvalue weighted by atomic mass is 9.88. The second-order valence-corrected chi connectivity index (χ2v) is 9.15. The van der Waals surface area contributed by atoms with Crippen LogP contribution in [0.3, 0.4) is 0 Å². The van der Waals surface area contributed by atoms with E-state index in [4.69, 9.17) is 10.6 Å². The molecule has 0 aromatic heterocycles. The number of halogens is 3. The number of benzene rings is 3. The fourth-order valence-corrected chi connectivity index (χ4v) is 4.63. The molecule has 9 heteroatoms. The highest BCUT2D eigenvalue weighted by molar-refractivity contribution is 6.38. The standard InChI is InChI=1S/C29H29F3N4O2/c1-18-25(21-5-3-19(4-6-21)20-11-13-34-14-12-20)15-22(16-26(18)28(37)38-2)27(36-33)17-35-24-9-7-23(8-10-24)29(30,31)32/h3-10,15-17,20,34H,11-14,33H2,1-2H3. The lowest BCUT2D eigenvalue weighted by molar-refractivity contribution is -0.137. The number of hydrogen-bond acceptors (Lipinski definition) is 6. The third-order valence-electron chi connectivity index (χ3n) is 6.81. The summed E-state index contributed by atoms with van der Waals surface area (Å²) in [7, 11) is 1.31. The van der Waals surface area contributed by atoms with Crippen LogP contribution in [0.5, 0.6) is 0 Å². The van der Waals surface area contributed by atoms with Crippen molar-refractivity contribution in [3.63, 3.8) is 0 Å². The van der Waals surface area contributed by atoms with Crippen LogP contribution in [-0.4, -0.2) is 38.1 Å². The molecule has 0 amide bonds. The molecule has 3 aromatic carbocycles. The zero-order valence-corrected chi connectivity index (χ0v) is 21.2. The number of nitrogens with two attached hydrogens (primary N) is 1. The largest absolute Gasteiger partial charge is 0.465 e. The minimum absolute atomic E-state index is 0.252. The Morgan fingerprint density at radius 2 is 1.71 bits per heavy atom. The third-order valence-corrected chi connectivity index (χ3v) is 6.81. The van der Waals surface area contributed by atoms with E-state index >= 15 is 0 Å². The first-order valence-corrected chi connectivity index (χ1v) is 12.2. The quantitative estimate of drug-likeness (QED) is 0.180. The van der Waals surface area contributed by atoms with E-state index in [1.54, 1.807) is 6.07 Å². The molecule has 3 N–H and O–H groups in total. The molecule has 1 aliphatic rings. The van der Waals surface area contributed by atoms with Crippen LogP contribution in [-0.2, 0) is 10.9 Å². The molecule has 0 radical (unpaired) electrons. The average molecular weight is 523 g/mol. The number of hydrogen-bond donors (Lipinski definition) is 2. The van der Waals surface area contributed by atoms with E-state index in [-0.39, 0.29) is 5.71 Å². The summed E-state index contributed by atoms with van der Waals surface area (Å²) in [6.45, 7) is 3.86. The summed E-state index contributed by atoms with van der Waals surface area (Å²) < 4.78 is 43.6. The fraction of sp³-hybridized carbons (Fsp3) is 0.276. The topological polar surface area (TPSA) is 89.1 Å². The molecule has 0 spiro atoms. The Morgan fingerprint density at radius 3 is 2.29 bits per heavy atom. The van der Waals surface area contributed by atoms with E-state index in [0.717, 1.165) is 54.8 Å². The van der Waals surface area contributed by atoms with Gasteiger partial charge in [-0.2, -0.15) is 18.3 Å². The highest BCUT2D eigenvalue weighted by Crippen LogP contribution is 2.32. The number of hydrazone groups is 1. The number of carbonyl (C=O) groups is 1. The predicted molar refractivity (Wildman–Crippen MR) is 143 cm³/mol. The van der Waals surface area contributed by atoms with Gasteiger partial charge in [-0.1, -0.05) is 24.3 Å². The average Bonchev–Trinajstić information content (AvgIpc) is 2.94. The molecule has 4 rings (SSSR count). The molecule has 0 unspecified atom stereocenters. The molecule has 0 aliphatic carbocycles. The summed E-state index contributed by atoms with van der Waals surface area (Å²) in [6.07, 6.45) is -0.886. The van der Waals surface area contributed by atoms with Crippen LogP contribution in [0.25, 0.3) is 11.1 Å². The highest BCUT2D eigenvalue weighted by Gasteiger charge is 2.30. The minimum atomic E-state index is -4.43. The van der Waals surface area contributed by atoms with E-state index in [1.165, 1.54) is 31.0 Å². The molecule has 1 aliphatic heterocycles. The molecule has 1 saturated heterocycles. The molecule has 6 nitrogen and oxygen atoms in total. The first kappa shape index (κ1) is 27.1. The number of nitrogens with one attached hydrogen (secondary N) is 1. The van der Waals surface area contributed by atoms with Gasteiger partial charge < -0.3 is 15.9 Å². The molecule has 1 fully saturated rings. The number of alkyl halides is 3. The monoisotopic (exact) mass is 522 g/mol. The number of nitrogens with zero attached hydrogens (tertiary/aromatic N) is 2. The van der Waals surface area contributed by atoms with Gasteiger partial charge in [0.2, 0.25) is 0 Å². The molecule has 38 heavy (non-hydrogen) atoms. The third kappa shape index (κ3) is 6.11. The zero-order chi connectivity index (χ0) is 27.3. The van der Waals surface area contributed by atoms with E-state index in [0.29, 0.717) is 22.7 Å². The lowest BCUT2D eigenvalue weighted by Gasteiger charge is -2.23. The first-order valence-electron chi connectivity index (χ1n) is 12.2. The maximum absolute atomic E-state index is 12.9. The second kappa shape index (κ2) is 11.6. The number of rotatable bonds is 6. The normalized spacial score (nSPS) is 15.1. The summed E-state index contributed by atoms with van der Waals surface area (Å²) in [5.41, 5.74) is 4.42. The molecular weight excluding hydrogens is 493 g/mol. The molecule has 1 heterocycles. The van der Waals surface area contributed by atoms with E-state index in [9.17, 15) is 18.0 Å². The van der Waals surface area contributed by atoms with Crippen LogP contribution in [0.4, 0.5) is 18.9 Å². The number of methoxy groups -OCH3 is 1. The number of carbonyl (C=O) groups excluding carboxylic acids is 1. The van der Waals surface area contributed by atoms with Gasteiger partial charge in [0.15, 0.2) is 0 Å². The summed E-state index contributed by atoms with van der Waals surface area (Å²) in [5.74, 6) is 5.67. The van der Waals surface area contributed by atoms with Crippen LogP contribution >= 0.6 is 0 Å². The summed E-state index contributed by atoms with van der Waals surface area (Å²) in [4.78, 5) is 16.8. The van der Waals surface area contributed by atoms with Gasteiger partial charge in [0.05, 0.1) is 30.1 Å². The van der Waals surface area contributed by atoms with Crippen molar-refractivity contribution >= 4 is 23.6 Å². The van der Waals surface area contributed by atoms with Crippen LogP contribution in [0.15, 0.2) is 70.8 Å². The number of aliphatic imine (C=N–C) groups is 1. The molecule has 0 saturated carbocycles. The van der Waals surface area contributed by atoms with Gasteiger partial charge >= 0.3 is 12.1 Å². The molecule has 0 bridgehead atoms. The van der Waals surface area contributed by atoms with Crippen molar-refractivity contribution in [3.8, 4) is 11.1 Å². The maximum Gasteiger partial charge on any atom is 0.416 e. The Morgan fingerprint density at radius 1 is 1.05 bits per heavy atom. The molecule has 198 valence electrons. The SMILES string of the molecule is COC(=O)c1cc(C(C=Nc2ccc(C(F)(F)F)cc2)=NN)cc(-c2ccc(C3CCNCC3)cc2)c1C. The maximum atomic E-state index is 12.9. The summed E-state index contributed by atoms with van der Waals surface area (Å²) in [5, 5.41) is 7.21. The Balaban J connectivity index is 1.68. The number of ether oxygens (including phenoxy) is 1. The number of piperidine rings is 1. The van der Waals surface area contributed by atoms with E-state index in [1.807, 2.05) is 25.1 Å². The second-order valence-electron chi connectivity index (χ2n) is 9.15. The Hall–Kier alpha value is -3.98. The Bertz CT molecular complexity index is 1340. The van der Waals surface area contributed by atoms with Crippen molar-refractivity contribution in [3.05, 3.63) is 88.5 Å². The van der Waals surface area contributed by atoms with Crippen molar-refractivity contribution in [2.24, 2.45) is 15.9 Å². The lowest BCUT2D eigenvalue weighted by Crippen LogP contribution is -2.26. The minimum Gasteiger partial charge on any atom is -0.465 e. The number of esters is 1. The van der Waals surface area contributed by atoms with Crippen molar-refractivity contribution < 1.29 is 22.7 Å². The Kier molecular flexibility index (Phi) is 8.26. The van der Waals surface area contributed by atoms with Crippen molar-refractivity contribution in [1.29, 1.82) is 0 Å². The molecule has 3 aromatic rings. The van der Waals surface area contributed by atoms with Gasteiger partial charge in [0, 0.05) is 5.56 Å². The van der Waals surface area contributed by atoms with Crippen LogP contribution < -0.4 is 11.2 Å². The van der Waals surface area contributed by atoms with Crippen molar-refractivity contribution in [2.75, 3.05) is 20.2 Å².